The minimum atomic E-state index is -4.02. The number of allylic oxidation sites excluding steroid dienone is 1. The van der Waals surface area contributed by atoms with Crippen LogP contribution in [0.4, 0.5) is 0 Å². The normalized spacial score (nSPS) is 14.8. The Hall–Kier alpha value is -2.06. The molecule has 0 fully saturated rings. The van der Waals surface area contributed by atoms with E-state index in [1.807, 2.05) is 0 Å². The largest absolute Gasteiger partial charge is 0.478 e. The molecule has 0 aliphatic carbocycles. The van der Waals surface area contributed by atoms with E-state index in [0.717, 1.165) is 6.07 Å². The van der Waals surface area contributed by atoms with E-state index in [4.69, 9.17) is 16.7 Å². The van der Waals surface area contributed by atoms with Gasteiger partial charge in [0.15, 0.2) is 0 Å². The second-order valence-corrected chi connectivity index (χ2v) is 5.65. The van der Waals surface area contributed by atoms with Crippen molar-refractivity contribution in [1.82, 2.24) is 9.95 Å². The summed E-state index contributed by atoms with van der Waals surface area (Å²) in [6, 6.07) is 4.94. The van der Waals surface area contributed by atoms with E-state index in [-0.39, 0.29) is 15.6 Å². The molecule has 0 unspecified atom stereocenters. The molecule has 2 rings (SSSR count). The quantitative estimate of drug-likeness (QED) is 0.810. The van der Waals surface area contributed by atoms with Gasteiger partial charge in [0.1, 0.15) is 5.16 Å². The van der Waals surface area contributed by atoms with E-state index in [2.05, 4.69) is 10.5 Å². The molecule has 7 nitrogen and oxygen atoms in total. The molecule has 0 saturated carbocycles. The molecule has 1 aromatic carbocycles. The number of nitrogens with zero attached hydrogens (tertiary/aromatic N) is 2. The molecule has 2 N–H and O–H groups in total. The average Bonchev–Trinajstić information content (AvgIpc) is 2.39. The van der Waals surface area contributed by atoms with Crippen molar-refractivity contribution in [3.05, 3.63) is 41.1 Å². The van der Waals surface area contributed by atoms with Crippen LogP contribution >= 0.6 is 11.6 Å². The standard InChI is InChI=1S/C10H8ClN3O4S/c11-9-4-5-12-14(13-9)19(17,18)8-3-1-2-7(6-8)10(15)16/h1-6,13H,(H,15,16). The van der Waals surface area contributed by atoms with E-state index in [1.54, 1.807) is 0 Å². The Morgan fingerprint density at radius 3 is 2.79 bits per heavy atom. The van der Waals surface area contributed by atoms with Gasteiger partial charge in [-0.2, -0.15) is 8.42 Å². The Labute approximate surface area is 113 Å². The lowest BCUT2D eigenvalue weighted by molar-refractivity contribution is 0.0696. The third-order valence-corrected chi connectivity index (χ3v) is 3.90. The van der Waals surface area contributed by atoms with Gasteiger partial charge in [-0.05, 0) is 24.3 Å². The van der Waals surface area contributed by atoms with Gasteiger partial charge in [0.05, 0.1) is 16.7 Å². The van der Waals surface area contributed by atoms with Crippen molar-refractivity contribution in [3.8, 4) is 0 Å². The van der Waals surface area contributed by atoms with Gasteiger partial charge in [-0.3, -0.25) is 5.43 Å². The Morgan fingerprint density at radius 1 is 1.42 bits per heavy atom. The number of rotatable bonds is 3. The molecule has 1 aliphatic heterocycles. The average molecular weight is 302 g/mol. The molecule has 9 heteroatoms. The SMILES string of the molecule is O=C(O)c1cccc(S(=O)(=O)N2N=CC=C(Cl)N2)c1. The monoisotopic (exact) mass is 301 g/mol. The molecule has 0 spiro atoms. The predicted molar refractivity (Wildman–Crippen MR) is 68.0 cm³/mol. The number of halogens is 1. The maximum Gasteiger partial charge on any atom is 0.335 e. The van der Waals surface area contributed by atoms with E-state index < -0.39 is 16.0 Å². The van der Waals surface area contributed by atoms with Crippen molar-refractivity contribution in [3.63, 3.8) is 0 Å². The lowest BCUT2D eigenvalue weighted by atomic mass is 10.2. The van der Waals surface area contributed by atoms with E-state index in [1.165, 1.54) is 30.5 Å². The summed E-state index contributed by atoms with van der Waals surface area (Å²) < 4.78 is 24.9. The first kappa shape index (κ1) is 13.4. The second kappa shape index (κ2) is 4.90. The van der Waals surface area contributed by atoms with E-state index in [0.29, 0.717) is 4.52 Å². The Kier molecular flexibility index (Phi) is 3.45. The minimum Gasteiger partial charge on any atom is -0.478 e. The number of aromatic carboxylic acids is 1. The number of benzene rings is 1. The fourth-order valence-electron chi connectivity index (χ4n) is 1.33. The topological polar surface area (TPSA) is 99.1 Å². The summed E-state index contributed by atoms with van der Waals surface area (Å²) in [4.78, 5) is 10.6. The number of carboxylic acid groups (broad SMARTS) is 1. The van der Waals surface area contributed by atoms with Crippen molar-refractivity contribution in [2.45, 2.75) is 4.90 Å². The number of carbonyl (C=O) groups is 1. The van der Waals surface area contributed by atoms with Gasteiger partial charge < -0.3 is 5.11 Å². The summed E-state index contributed by atoms with van der Waals surface area (Å²) in [6.07, 6.45) is 2.58. The smallest absolute Gasteiger partial charge is 0.335 e. The maximum absolute atomic E-state index is 12.2. The predicted octanol–water partition coefficient (Wildman–Crippen LogP) is 0.960. The molecule has 0 bridgehead atoms. The molecule has 1 aliphatic rings. The molecule has 1 aromatic rings. The minimum absolute atomic E-state index is 0.0768. The van der Waals surface area contributed by atoms with Gasteiger partial charge in [-0.1, -0.05) is 22.2 Å². The van der Waals surface area contributed by atoms with Crippen LogP contribution in [0.2, 0.25) is 0 Å². The van der Waals surface area contributed by atoms with Crippen LogP contribution in [0, 0.1) is 0 Å². The number of hydrogen-bond donors (Lipinski definition) is 2. The lowest BCUT2D eigenvalue weighted by Gasteiger charge is -2.21. The Bertz CT molecular complexity index is 684. The van der Waals surface area contributed by atoms with Crippen LogP contribution in [-0.2, 0) is 10.0 Å². The molecular weight excluding hydrogens is 294 g/mol. The van der Waals surface area contributed by atoms with Crippen molar-refractivity contribution < 1.29 is 18.3 Å². The third kappa shape index (κ3) is 2.69. The number of nitrogens with one attached hydrogen (secondary N) is 1. The molecule has 0 radical (unpaired) electrons. The molecule has 1 heterocycles. The molecule has 100 valence electrons. The van der Waals surface area contributed by atoms with Crippen LogP contribution in [0.3, 0.4) is 0 Å². The van der Waals surface area contributed by atoms with Gasteiger partial charge in [-0.15, -0.1) is 5.10 Å². The summed E-state index contributed by atoms with van der Waals surface area (Å²) in [7, 11) is -4.02. The van der Waals surface area contributed by atoms with Crippen LogP contribution in [0.25, 0.3) is 0 Å². The van der Waals surface area contributed by atoms with Crippen molar-refractivity contribution in [2.75, 3.05) is 0 Å². The van der Waals surface area contributed by atoms with E-state index >= 15 is 0 Å². The first-order chi connectivity index (χ1) is 8.91. The lowest BCUT2D eigenvalue weighted by Crippen LogP contribution is -2.38. The zero-order valence-electron chi connectivity index (χ0n) is 9.32. The highest BCUT2D eigenvalue weighted by Crippen LogP contribution is 2.18. The molecule has 0 amide bonds. The highest BCUT2D eigenvalue weighted by Gasteiger charge is 2.25. The van der Waals surface area contributed by atoms with Gasteiger partial charge in [0, 0.05) is 0 Å². The summed E-state index contributed by atoms with van der Waals surface area (Å²) in [6.45, 7) is 0. The molecular formula is C10H8ClN3O4S. The van der Waals surface area contributed by atoms with Crippen LogP contribution in [-0.4, -0.2) is 30.2 Å². The number of carboxylic acids is 1. The van der Waals surface area contributed by atoms with Crippen molar-refractivity contribution >= 4 is 33.8 Å². The Morgan fingerprint density at radius 2 is 2.16 bits per heavy atom. The summed E-state index contributed by atoms with van der Waals surface area (Å²) in [5.41, 5.74) is 2.19. The van der Waals surface area contributed by atoms with Crippen molar-refractivity contribution in [2.24, 2.45) is 5.10 Å². The molecule has 19 heavy (non-hydrogen) atoms. The van der Waals surface area contributed by atoms with Gasteiger partial charge >= 0.3 is 5.97 Å². The summed E-state index contributed by atoms with van der Waals surface area (Å²) in [5, 5.41) is 12.5. The zero-order valence-corrected chi connectivity index (χ0v) is 10.9. The highest BCUT2D eigenvalue weighted by molar-refractivity contribution is 7.89. The number of hydrazine groups is 1. The second-order valence-electron chi connectivity index (χ2n) is 3.47. The third-order valence-electron chi connectivity index (χ3n) is 2.20. The van der Waals surface area contributed by atoms with E-state index in [9.17, 15) is 13.2 Å². The zero-order chi connectivity index (χ0) is 14.0. The molecule has 0 aromatic heterocycles. The first-order valence-corrected chi connectivity index (χ1v) is 6.78. The summed E-state index contributed by atoms with van der Waals surface area (Å²) >= 11 is 5.65. The van der Waals surface area contributed by atoms with Gasteiger partial charge in [0.25, 0.3) is 10.0 Å². The number of sulfonamides is 1. The van der Waals surface area contributed by atoms with Gasteiger partial charge in [-0.25, -0.2) is 4.79 Å². The van der Waals surface area contributed by atoms with Gasteiger partial charge in [0.2, 0.25) is 0 Å². The number of hydrazone groups is 1. The molecule has 0 saturated heterocycles. The molecule has 0 atom stereocenters. The van der Waals surface area contributed by atoms with Crippen LogP contribution in [0.15, 0.2) is 45.5 Å². The van der Waals surface area contributed by atoms with Crippen molar-refractivity contribution in [1.29, 1.82) is 0 Å². The van der Waals surface area contributed by atoms with Crippen LogP contribution < -0.4 is 5.43 Å². The maximum atomic E-state index is 12.2. The Balaban J connectivity index is 2.40. The number of hydrogen-bond acceptors (Lipinski definition) is 5. The fraction of sp³-hybridized carbons (Fsp3) is 0. The fourth-order valence-corrected chi connectivity index (χ4v) is 2.64. The summed E-state index contributed by atoms with van der Waals surface area (Å²) in [5.74, 6) is -1.22. The first-order valence-electron chi connectivity index (χ1n) is 4.96. The van der Waals surface area contributed by atoms with Crippen LogP contribution in [0.5, 0.6) is 0 Å². The highest BCUT2D eigenvalue weighted by atomic mass is 35.5. The van der Waals surface area contributed by atoms with Crippen LogP contribution in [0.1, 0.15) is 10.4 Å².